The van der Waals surface area contributed by atoms with E-state index in [0.29, 0.717) is 0 Å². The van der Waals surface area contributed by atoms with E-state index >= 15 is 0 Å². The van der Waals surface area contributed by atoms with E-state index < -0.39 is 15.8 Å². The van der Waals surface area contributed by atoms with Crippen molar-refractivity contribution in [3.05, 3.63) is 24.3 Å². The molecule has 0 spiro atoms. The van der Waals surface area contributed by atoms with Crippen LogP contribution in [-0.2, 0) is 10.0 Å². The minimum Gasteiger partial charge on any atom is -0.280 e. The molecule has 7 heteroatoms. The van der Waals surface area contributed by atoms with Crippen LogP contribution in [0.3, 0.4) is 0 Å². The third-order valence-corrected chi connectivity index (χ3v) is 3.81. The van der Waals surface area contributed by atoms with Gasteiger partial charge in [-0.25, -0.2) is 12.8 Å². The molecule has 0 fully saturated rings. The summed E-state index contributed by atoms with van der Waals surface area (Å²) in [5.41, 5.74) is -0.102. The number of hydrogen-bond acceptors (Lipinski definition) is 3. The maximum Gasteiger partial charge on any atom is 0.242 e. The number of sulfonamides is 1. The van der Waals surface area contributed by atoms with E-state index in [1.165, 1.54) is 12.3 Å². The highest BCUT2D eigenvalue weighted by Crippen LogP contribution is 2.13. The molecule has 1 N–H and O–H groups in total. The van der Waals surface area contributed by atoms with Crippen LogP contribution in [0, 0.1) is 5.82 Å². The van der Waals surface area contributed by atoms with Crippen LogP contribution in [0.2, 0.25) is 0 Å². The standard InChI is InChI=1S/C6H6BrFN2O2S/c7-4-13(11,12)10-6-1-2-9-3-5(6)8/h1-3H,4H2,(H,9,10). The SMILES string of the molecule is O=S(=O)(CBr)Nc1ccncc1F. The lowest BCUT2D eigenvalue weighted by atomic mass is 10.4. The molecule has 0 bridgehead atoms. The smallest absolute Gasteiger partial charge is 0.242 e. The highest BCUT2D eigenvalue weighted by Gasteiger charge is 2.10. The quantitative estimate of drug-likeness (QED) is 0.842. The fourth-order valence-electron chi connectivity index (χ4n) is 0.653. The number of hydrogen-bond donors (Lipinski definition) is 1. The molecule has 0 saturated heterocycles. The van der Waals surface area contributed by atoms with E-state index in [0.717, 1.165) is 6.20 Å². The summed E-state index contributed by atoms with van der Waals surface area (Å²) in [5.74, 6) is -0.702. The minimum absolute atomic E-state index is 0.102. The molecule has 0 unspecified atom stereocenters. The Labute approximate surface area is 83.4 Å². The normalized spacial score (nSPS) is 11.2. The third kappa shape index (κ3) is 2.92. The molecule has 1 aromatic rings. The fourth-order valence-corrected chi connectivity index (χ4v) is 1.55. The molecule has 1 aromatic heterocycles. The van der Waals surface area contributed by atoms with Gasteiger partial charge in [-0.1, -0.05) is 15.9 Å². The molecule has 0 aliphatic rings. The first-order valence-corrected chi connectivity index (χ1v) is 5.98. The first-order valence-electron chi connectivity index (χ1n) is 3.21. The zero-order chi connectivity index (χ0) is 9.90. The van der Waals surface area contributed by atoms with Gasteiger partial charge in [-0.05, 0) is 6.07 Å². The van der Waals surface area contributed by atoms with Crippen molar-refractivity contribution in [2.24, 2.45) is 0 Å². The number of nitrogens with zero attached hydrogens (tertiary/aromatic N) is 1. The van der Waals surface area contributed by atoms with Gasteiger partial charge in [-0.15, -0.1) is 0 Å². The molecule has 4 nitrogen and oxygen atoms in total. The van der Waals surface area contributed by atoms with Gasteiger partial charge in [0.25, 0.3) is 0 Å². The molecule has 0 aromatic carbocycles. The van der Waals surface area contributed by atoms with Crippen LogP contribution in [0.4, 0.5) is 10.1 Å². The van der Waals surface area contributed by atoms with Gasteiger partial charge in [0.15, 0.2) is 5.82 Å². The van der Waals surface area contributed by atoms with Crippen molar-refractivity contribution in [3.63, 3.8) is 0 Å². The minimum atomic E-state index is -3.50. The summed E-state index contributed by atoms with van der Waals surface area (Å²) in [6, 6.07) is 1.25. The summed E-state index contributed by atoms with van der Waals surface area (Å²) in [7, 11) is -3.50. The van der Waals surface area contributed by atoms with E-state index in [-0.39, 0.29) is 10.3 Å². The van der Waals surface area contributed by atoms with Crippen LogP contribution < -0.4 is 4.72 Å². The second-order valence-electron chi connectivity index (χ2n) is 2.18. The highest BCUT2D eigenvalue weighted by atomic mass is 79.9. The van der Waals surface area contributed by atoms with E-state index in [2.05, 4.69) is 20.9 Å². The summed E-state index contributed by atoms with van der Waals surface area (Å²) < 4.78 is 36.6. The summed E-state index contributed by atoms with van der Waals surface area (Å²) in [4.78, 5) is 3.48. The average Bonchev–Trinajstić information content (AvgIpc) is 2.09. The Morgan fingerprint density at radius 3 is 2.85 bits per heavy atom. The Morgan fingerprint density at radius 1 is 1.62 bits per heavy atom. The second kappa shape index (κ2) is 4.01. The van der Waals surface area contributed by atoms with Gasteiger partial charge in [-0.3, -0.25) is 9.71 Å². The maximum atomic E-state index is 12.9. The molecule has 0 aliphatic carbocycles. The molecule has 0 amide bonds. The maximum absolute atomic E-state index is 12.9. The molecular weight excluding hydrogens is 263 g/mol. The molecule has 0 aliphatic heterocycles. The van der Waals surface area contributed by atoms with Gasteiger partial charge in [0.2, 0.25) is 10.0 Å². The molecule has 13 heavy (non-hydrogen) atoms. The molecule has 0 atom stereocenters. The molecule has 0 saturated carbocycles. The fraction of sp³-hybridized carbons (Fsp3) is 0.167. The Balaban J connectivity index is 2.93. The zero-order valence-electron chi connectivity index (χ0n) is 6.37. The van der Waals surface area contributed by atoms with Gasteiger partial charge in [0, 0.05) is 6.20 Å². The van der Waals surface area contributed by atoms with Crippen LogP contribution >= 0.6 is 15.9 Å². The van der Waals surface area contributed by atoms with Crippen molar-refractivity contribution in [2.45, 2.75) is 0 Å². The van der Waals surface area contributed by atoms with Crippen LogP contribution in [0.15, 0.2) is 18.5 Å². The number of pyridine rings is 1. The van der Waals surface area contributed by atoms with Crippen molar-refractivity contribution in [2.75, 3.05) is 9.38 Å². The van der Waals surface area contributed by atoms with Crippen molar-refractivity contribution in [3.8, 4) is 0 Å². The Hall–Kier alpha value is -0.690. The van der Waals surface area contributed by atoms with Crippen molar-refractivity contribution in [1.29, 1.82) is 0 Å². The predicted molar refractivity (Wildman–Crippen MR) is 50.5 cm³/mol. The van der Waals surface area contributed by atoms with Crippen molar-refractivity contribution >= 4 is 31.6 Å². The number of halogens is 2. The number of aromatic nitrogens is 1. The topological polar surface area (TPSA) is 59.1 Å². The summed E-state index contributed by atoms with van der Waals surface area (Å²) in [6.07, 6.45) is 2.24. The zero-order valence-corrected chi connectivity index (χ0v) is 8.77. The number of rotatable bonds is 3. The summed E-state index contributed by atoms with van der Waals surface area (Å²) in [5, 5.41) is 0. The Morgan fingerprint density at radius 2 is 2.31 bits per heavy atom. The molecule has 72 valence electrons. The van der Waals surface area contributed by atoms with Gasteiger partial charge in [-0.2, -0.15) is 0 Å². The lowest BCUT2D eigenvalue weighted by Crippen LogP contribution is -2.14. The largest absolute Gasteiger partial charge is 0.280 e. The molecular formula is C6H6BrFN2O2S. The van der Waals surface area contributed by atoms with E-state index in [1.807, 2.05) is 4.72 Å². The third-order valence-electron chi connectivity index (χ3n) is 1.18. The average molecular weight is 269 g/mol. The number of anilines is 1. The lowest BCUT2D eigenvalue weighted by Gasteiger charge is -2.04. The van der Waals surface area contributed by atoms with Crippen LogP contribution in [0.25, 0.3) is 0 Å². The highest BCUT2D eigenvalue weighted by molar-refractivity contribution is 9.10. The van der Waals surface area contributed by atoms with Crippen LogP contribution in [0.5, 0.6) is 0 Å². The Kier molecular flexibility index (Phi) is 3.21. The van der Waals surface area contributed by atoms with Gasteiger partial charge in [0.1, 0.15) is 4.66 Å². The summed E-state index contributed by atoms with van der Waals surface area (Å²) in [6.45, 7) is 0. The molecule has 1 rings (SSSR count). The molecule has 0 radical (unpaired) electrons. The monoisotopic (exact) mass is 268 g/mol. The molecule has 1 heterocycles. The lowest BCUT2D eigenvalue weighted by molar-refractivity contribution is 0.602. The van der Waals surface area contributed by atoms with E-state index in [4.69, 9.17) is 0 Å². The number of nitrogens with one attached hydrogen (secondary N) is 1. The van der Waals surface area contributed by atoms with Crippen molar-refractivity contribution < 1.29 is 12.8 Å². The second-order valence-corrected chi connectivity index (χ2v) is 5.21. The first kappa shape index (κ1) is 10.4. The Bertz CT molecular complexity index is 395. The van der Waals surface area contributed by atoms with Crippen LogP contribution in [-0.4, -0.2) is 18.1 Å². The number of alkyl halides is 1. The van der Waals surface area contributed by atoms with Crippen molar-refractivity contribution in [1.82, 2.24) is 4.98 Å². The van der Waals surface area contributed by atoms with E-state index in [1.54, 1.807) is 0 Å². The van der Waals surface area contributed by atoms with Crippen LogP contribution in [0.1, 0.15) is 0 Å². The van der Waals surface area contributed by atoms with Gasteiger partial charge in [0.05, 0.1) is 11.9 Å². The van der Waals surface area contributed by atoms with Gasteiger partial charge < -0.3 is 0 Å². The summed E-state index contributed by atoms with van der Waals surface area (Å²) >= 11 is 2.76. The van der Waals surface area contributed by atoms with E-state index in [9.17, 15) is 12.8 Å². The van der Waals surface area contributed by atoms with Gasteiger partial charge >= 0.3 is 0 Å². The first-order chi connectivity index (χ1) is 6.05. The predicted octanol–water partition coefficient (Wildman–Crippen LogP) is 1.31.